The van der Waals surface area contributed by atoms with Gasteiger partial charge >= 0.3 is 0 Å². The topological polar surface area (TPSA) is 41.1 Å². The Bertz CT molecular complexity index is 475. The van der Waals surface area contributed by atoms with Gasteiger partial charge < -0.3 is 10.6 Å². The SMILES string of the molecule is Cc1ccc(NC(=O)CC(C)C2CCNCC2)cc1F.Cl. The van der Waals surface area contributed by atoms with Crippen molar-refractivity contribution >= 4 is 24.0 Å². The molecule has 1 atom stereocenters. The Morgan fingerprint density at radius 2 is 2.10 bits per heavy atom. The van der Waals surface area contributed by atoms with Crippen LogP contribution in [0.25, 0.3) is 0 Å². The molecule has 1 fully saturated rings. The molecule has 1 aliphatic heterocycles. The number of piperidine rings is 1. The number of aryl methyl sites for hydroxylation is 1. The second kappa shape index (κ2) is 8.35. The van der Waals surface area contributed by atoms with E-state index in [2.05, 4.69) is 17.6 Å². The van der Waals surface area contributed by atoms with Gasteiger partial charge in [-0.1, -0.05) is 13.0 Å². The van der Waals surface area contributed by atoms with Crippen LogP contribution < -0.4 is 10.6 Å². The molecule has 118 valence electrons. The Balaban J connectivity index is 0.00000220. The van der Waals surface area contributed by atoms with E-state index in [9.17, 15) is 9.18 Å². The first kappa shape index (κ1) is 17.9. The van der Waals surface area contributed by atoms with E-state index in [1.165, 1.54) is 6.07 Å². The molecule has 0 saturated carbocycles. The zero-order chi connectivity index (χ0) is 14.5. The van der Waals surface area contributed by atoms with E-state index in [-0.39, 0.29) is 24.1 Å². The maximum Gasteiger partial charge on any atom is 0.224 e. The Hall–Kier alpha value is -1.13. The van der Waals surface area contributed by atoms with Gasteiger partial charge in [0.15, 0.2) is 0 Å². The predicted molar refractivity (Wildman–Crippen MR) is 86.4 cm³/mol. The lowest BCUT2D eigenvalue weighted by molar-refractivity contribution is -0.117. The van der Waals surface area contributed by atoms with Crippen LogP contribution in [0.4, 0.5) is 10.1 Å². The van der Waals surface area contributed by atoms with E-state index in [1.54, 1.807) is 19.1 Å². The largest absolute Gasteiger partial charge is 0.326 e. The van der Waals surface area contributed by atoms with Crippen LogP contribution in [0.2, 0.25) is 0 Å². The van der Waals surface area contributed by atoms with Gasteiger partial charge in [-0.2, -0.15) is 0 Å². The summed E-state index contributed by atoms with van der Waals surface area (Å²) < 4.78 is 13.4. The fourth-order valence-electron chi connectivity index (χ4n) is 2.76. The van der Waals surface area contributed by atoms with Crippen molar-refractivity contribution in [2.75, 3.05) is 18.4 Å². The van der Waals surface area contributed by atoms with Crippen LogP contribution in [-0.2, 0) is 4.79 Å². The summed E-state index contributed by atoms with van der Waals surface area (Å²) in [5.74, 6) is 0.664. The van der Waals surface area contributed by atoms with Crippen molar-refractivity contribution in [1.29, 1.82) is 0 Å². The molecule has 2 N–H and O–H groups in total. The van der Waals surface area contributed by atoms with Crippen molar-refractivity contribution < 1.29 is 9.18 Å². The molecule has 0 aromatic heterocycles. The Kier molecular flexibility index (Phi) is 7.12. The summed E-state index contributed by atoms with van der Waals surface area (Å²) in [6.45, 7) is 5.92. The van der Waals surface area contributed by atoms with Gasteiger partial charge in [-0.05, 0) is 62.4 Å². The Morgan fingerprint density at radius 1 is 1.43 bits per heavy atom. The number of anilines is 1. The number of carbonyl (C=O) groups excluding carboxylic acids is 1. The number of carbonyl (C=O) groups is 1. The summed E-state index contributed by atoms with van der Waals surface area (Å²) in [7, 11) is 0. The normalized spacial score (nSPS) is 16.9. The van der Waals surface area contributed by atoms with Crippen molar-refractivity contribution in [1.82, 2.24) is 5.32 Å². The van der Waals surface area contributed by atoms with Crippen LogP contribution in [-0.4, -0.2) is 19.0 Å². The first-order valence-electron chi connectivity index (χ1n) is 7.33. The molecule has 3 nitrogen and oxygen atoms in total. The molecule has 0 spiro atoms. The van der Waals surface area contributed by atoms with Crippen molar-refractivity contribution in [3.05, 3.63) is 29.6 Å². The van der Waals surface area contributed by atoms with Gasteiger partial charge in [0.05, 0.1) is 0 Å². The third-order valence-electron chi connectivity index (χ3n) is 4.15. The molecule has 1 aromatic carbocycles. The van der Waals surface area contributed by atoms with Gasteiger partial charge in [-0.25, -0.2) is 4.39 Å². The van der Waals surface area contributed by atoms with E-state index < -0.39 is 0 Å². The molecule has 21 heavy (non-hydrogen) atoms. The maximum atomic E-state index is 13.4. The average Bonchev–Trinajstić information content (AvgIpc) is 2.44. The smallest absolute Gasteiger partial charge is 0.224 e. The molecule has 2 rings (SSSR count). The van der Waals surface area contributed by atoms with Crippen molar-refractivity contribution in [3.8, 4) is 0 Å². The van der Waals surface area contributed by atoms with Crippen LogP contribution in [0, 0.1) is 24.6 Å². The third kappa shape index (κ3) is 5.29. The number of benzene rings is 1. The van der Waals surface area contributed by atoms with Crippen LogP contribution in [0.15, 0.2) is 18.2 Å². The number of rotatable bonds is 4. The highest BCUT2D eigenvalue weighted by molar-refractivity contribution is 5.90. The van der Waals surface area contributed by atoms with Crippen molar-refractivity contribution in [2.24, 2.45) is 11.8 Å². The molecule has 1 aliphatic rings. The minimum atomic E-state index is -0.283. The van der Waals surface area contributed by atoms with E-state index in [4.69, 9.17) is 0 Å². The molecule has 1 amide bonds. The second-order valence-electron chi connectivity index (χ2n) is 5.78. The number of amides is 1. The lowest BCUT2D eigenvalue weighted by Crippen LogP contribution is -2.32. The van der Waals surface area contributed by atoms with Gasteiger partial charge in [-0.15, -0.1) is 12.4 Å². The maximum absolute atomic E-state index is 13.4. The molecular weight excluding hydrogens is 291 g/mol. The van der Waals surface area contributed by atoms with Gasteiger partial charge in [0.25, 0.3) is 0 Å². The van der Waals surface area contributed by atoms with Crippen molar-refractivity contribution in [2.45, 2.75) is 33.1 Å². The van der Waals surface area contributed by atoms with Gasteiger partial charge in [0, 0.05) is 12.1 Å². The second-order valence-corrected chi connectivity index (χ2v) is 5.78. The van der Waals surface area contributed by atoms with Gasteiger partial charge in [0.1, 0.15) is 5.82 Å². The Labute approximate surface area is 132 Å². The molecule has 5 heteroatoms. The fraction of sp³-hybridized carbons (Fsp3) is 0.562. The predicted octanol–water partition coefficient (Wildman–Crippen LogP) is 3.52. The molecule has 1 aromatic rings. The summed E-state index contributed by atoms with van der Waals surface area (Å²) >= 11 is 0. The van der Waals surface area contributed by atoms with Crippen LogP contribution >= 0.6 is 12.4 Å². The van der Waals surface area contributed by atoms with Crippen LogP contribution in [0.1, 0.15) is 31.7 Å². The minimum Gasteiger partial charge on any atom is -0.326 e. The highest BCUT2D eigenvalue weighted by Crippen LogP contribution is 2.24. The summed E-state index contributed by atoms with van der Waals surface area (Å²) in [5.41, 5.74) is 1.13. The number of hydrogen-bond donors (Lipinski definition) is 2. The quantitative estimate of drug-likeness (QED) is 0.893. The molecule has 1 heterocycles. The standard InChI is InChI=1S/C16H23FN2O.ClH/c1-11-3-4-14(10-15(11)17)19-16(20)9-12(2)13-5-7-18-8-6-13;/h3-4,10,12-13,18H,5-9H2,1-2H3,(H,19,20);1H. The van der Waals surface area contributed by atoms with Crippen LogP contribution in [0.3, 0.4) is 0 Å². The summed E-state index contributed by atoms with van der Waals surface area (Å²) in [6, 6.07) is 4.80. The molecule has 1 unspecified atom stereocenters. The third-order valence-corrected chi connectivity index (χ3v) is 4.15. The zero-order valence-corrected chi connectivity index (χ0v) is 13.4. The number of hydrogen-bond acceptors (Lipinski definition) is 2. The fourth-order valence-corrected chi connectivity index (χ4v) is 2.76. The molecule has 0 bridgehead atoms. The average molecular weight is 315 g/mol. The Morgan fingerprint density at radius 3 is 2.71 bits per heavy atom. The summed E-state index contributed by atoms with van der Waals surface area (Å²) in [5, 5.41) is 6.12. The van der Waals surface area contributed by atoms with Crippen molar-refractivity contribution in [3.63, 3.8) is 0 Å². The van der Waals surface area contributed by atoms with Crippen LogP contribution in [0.5, 0.6) is 0 Å². The minimum absolute atomic E-state index is 0. The summed E-state index contributed by atoms with van der Waals surface area (Å²) in [4.78, 5) is 12.0. The van der Waals surface area contributed by atoms with E-state index >= 15 is 0 Å². The van der Waals surface area contributed by atoms with Gasteiger partial charge in [-0.3, -0.25) is 4.79 Å². The highest BCUT2D eigenvalue weighted by atomic mass is 35.5. The number of halogens is 2. The zero-order valence-electron chi connectivity index (χ0n) is 12.6. The monoisotopic (exact) mass is 314 g/mol. The molecular formula is C16H24ClFN2O. The van der Waals surface area contributed by atoms with Gasteiger partial charge in [0.2, 0.25) is 5.91 Å². The van der Waals surface area contributed by atoms with E-state index in [0.29, 0.717) is 29.5 Å². The molecule has 0 aliphatic carbocycles. The number of nitrogens with one attached hydrogen (secondary N) is 2. The van der Waals surface area contributed by atoms with E-state index in [1.807, 2.05) is 0 Å². The van der Waals surface area contributed by atoms with E-state index in [0.717, 1.165) is 25.9 Å². The highest BCUT2D eigenvalue weighted by Gasteiger charge is 2.22. The first-order chi connectivity index (χ1) is 9.56. The molecule has 1 saturated heterocycles. The first-order valence-corrected chi connectivity index (χ1v) is 7.33. The molecule has 0 radical (unpaired) electrons. The lowest BCUT2D eigenvalue weighted by atomic mass is 9.84. The summed E-state index contributed by atoms with van der Waals surface area (Å²) in [6.07, 6.45) is 2.77. The lowest BCUT2D eigenvalue weighted by Gasteiger charge is -2.27.